The van der Waals surface area contributed by atoms with E-state index in [4.69, 9.17) is 4.98 Å². The van der Waals surface area contributed by atoms with E-state index in [-0.39, 0.29) is 11.6 Å². The molecular formula is C33H31BrN4O2. The van der Waals surface area contributed by atoms with E-state index in [1.807, 2.05) is 98.8 Å². The number of aromatic nitrogens is 2. The summed E-state index contributed by atoms with van der Waals surface area (Å²) in [4.78, 5) is 34.7. The van der Waals surface area contributed by atoms with Crippen LogP contribution in [0.2, 0.25) is 0 Å². The summed E-state index contributed by atoms with van der Waals surface area (Å²) in [5.74, 6) is 0.535. The van der Waals surface area contributed by atoms with E-state index in [2.05, 4.69) is 33.4 Å². The number of carbonyl (C=O) groups excluding carboxylic acids is 1. The third kappa shape index (κ3) is 6.00. The molecule has 7 heteroatoms. The summed E-state index contributed by atoms with van der Waals surface area (Å²) in [6, 6.07) is 32.1. The van der Waals surface area contributed by atoms with E-state index in [1.54, 1.807) is 15.5 Å². The first kappa shape index (κ1) is 27.3. The summed E-state index contributed by atoms with van der Waals surface area (Å²) in [5.41, 5.74) is 4.08. The zero-order chi connectivity index (χ0) is 28.1. The van der Waals surface area contributed by atoms with Crippen LogP contribution in [0.4, 0.5) is 10.5 Å². The Morgan fingerprint density at radius 3 is 2.40 bits per heavy atom. The first-order valence-electron chi connectivity index (χ1n) is 13.4. The molecule has 0 saturated heterocycles. The summed E-state index contributed by atoms with van der Waals surface area (Å²) in [6.07, 6.45) is 1.23. The van der Waals surface area contributed by atoms with Crippen molar-refractivity contribution in [1.29, 1.82) is 0 Å². The van der Waals surface area contributed by atoms with Crippen LogP contribution in [0, 0.1) is 6.92 Å². The average Bonchev–Trinajstić information content (AvgIpc) is 2.96. The highest BCUT2D eigenvalue weighted by atomic mass is 79.9. The number of para-hydroxylation sites is 1. The first-order valence-corrected chi connectivity index (χ1v) is 14.2. The number of anilines is 1. The van der Waals surface area contributed by atoms with Crippen LogP contribution in [0.15, 0.2) is 112 Å². The van der Waals surface area contributed by atoms with Crippen molar-refractivity contribution in [2.75, 3.05) is 11.9 Å². The molecule has 0 fully saturated rings. The molecular weight excluding hydrogens is 564 g/mol. The Balaban J connectivity index is 1.63. The quantitative estimate of drug-likeness (QED) is 0.200. The number of halogens is 1. The summed E-state index contributed by atoms with van der Waals surface area (Å²) in [7, 11) is 0. The van der Waals surface area contributed by atoms with Gasteiger partial charge in [-0.1, -0.05) is 89.1 Å². The van der Waals surface area contributed by atoms with E-state index in [0.29, 0.717) is 41.8 Å². The zero-order valence-corrected chi connectivity index (χ0v) is 24.1. The molecule has 1 heterocycles. The molecule has 0 radical (unpaired) electrons. The monoisotopic (exact) mass is 594 g/mol. The van der Waals surface area contributed by atoms with Gasteiger partial charge in [-0.15, -0.1) is 0 Å². The average molecular weight is 596 g/mol. The van der Waals surface area contributed by atoms with Crippen LogP contribution in [0.5, 0.6) is 0 Å². The van der Waals surface area contributed by atoms with Gasteiger partial charge in [0.1, 0.15) is 5.82 Å². The van der Waals surface area contributed by atoms with Crippen LogP contribution in [0.1, 0.15) is 36.3 Å². The number of benzene rings is 4. The summed E-state index contributed by atoms with van der Waals surface area (Å²) in [5, 5.41) is 3.60. The molecule has 6 nitrogen and oxygen atoms in total. The van der Waals surface area contributed by atoms with E-state index >= 15 is 0 Å². The molecule has 0 aliphatic carbocycles. The van der Waals surface area contributed by atoms with Crippen LogP contribution in [0.3, 0.4) is 0 Å². The fraction of sp³-hybridized carbons (Fsp3) is 0.182. The molecule has 0 spiro atoms. The first-order chi connectivity index (χ1) is 19.4. The van der Waals surface area contributed by atoms with Crippen LogP contribution in [-0.4, -0.2) is 27.0 Å². The number of nitrogens with zero attached hydrogens (tertiary/aromatic N) is 3. The maximum Gasteiger partial charge on any atom is 0.322 e. The minimum Gasteiger partial charge on any atom is -0.314 e. The molecule has 40 heavy (non-hydrogen) atoms. The Kier molecular flexibility index (Phi) is 8.41. The summed E-state index contributed by atoms with van der Waals surface area (Å²) >= 11 is 3.49. The van der Waals surface area contributed by atoms with Gasteiger partial charge in [0.15, 0.2) is 0 Å². The smallest absolute Gasteiger partial charge is 0.314 e. The number of hydrogen-bond donors (Lipinski definition) is 1. The van der Waals surface area contributed by atoms with E-state index in [9.17, 15) is 9.59 Å². The minimum absolute atomic E-state index is 0.154. The van der Waals surface area contributed by atoms with Gasteiger partial charge in [-0.05, 0) is 67.8 Å². The maximum absolute atomic E-state index is 14.0. The van der Waals surface area contributed by atoms with Gasteiger partial charge in [-0.2, -0.15) is 0 Å². The molecule has 5 aromatic rings. The lowest BCUT2D eigenvalue weighted by atomic mass is 10.1. The third-order valence-electron chi connectivity index (χ3n) is 6.98. The predicted molar refractivity (Wildman–Crippen MR) is 165 cm³/mol. The van der Waals surface area contributed by atoms with Crippen LogP contribution < -0.4 is 10.9 Å². The Hall–Kier alpha value is -4.23. The second-order valence-electron chi connectivity index (χ2n) is 9.76. The van der Waals surface area contributed by atoms with Crippen molar-refractivity contribution in [2.24, 2.45) is 0 Å². The molecule has 0 saturated carbocycles. The fourth-order valence-electron chi connectivity index (χ4n) is 4.91. The Morgan fingerprint density at radius 2 is 1.68 bits per heavy atom. The summed E-state index contributed by atoms with van der Waals surface area (Å²) < 4.78 is 2.54. The van der Waals surface area contributed by atoms with Gasteiger partial charge in [0.05, 0.1) is 22.6 Å². The van der Waals surface area contributed by atoms with Crippen molar-refractivity contribution in [3.8, 4) is 5.69 Å². The molecule has 2 amide bonds. The Morgan fingerprint density at radius 1 is 0.950 bits per heavy atom. The molecule has 1 N–H and O–H groups in total. The van der Waals surface area contributed by atoms with Gasteiger partial charge < -0.3 is 10.2 Å². The third-order valence-corrected chi connectivity index (χ3v) is 7.47. The van der Waals surface area contributed by atoms with E-state index < -0.39 is 6.04 Å². The lowest BCUT2D eigenvalue weighted by molar-refractivity contribution is 0.182. The van der Waals surface area contributed by atoms with Gasteiger partial charge in [0.25, 0.3) is 5.56 Å². The van der Waals surface area contributed by atoms with Crippen molar-refractivity contribution >= 4 is 38.6 Å². The molecule has 202 valence electrons. The number of carbonyl (C=O) groups is 1. The summed E-state index contributed by atoms with van der Waals surface area (Å²) in [6.45, 7) is 4.48. The number of aryl methyl sites for hydroxylation is 1. The highest BCUT2D eigenvalue weighted by Crippen LogP contribution is 2.28. The molecule has 0 aliphatic rings. The maximum atomic E-state index is 14.0. The fourth-order valence-corrected chi connectivity index (χ4v) is 5.31. The Labute approximate surface area is 242 Å². The standard InChI is InChI=1S/C33H31BrN4O2/c1-3-30(31-36-29-15-8-7-14-28(29)32(39)38(31)27-18-16-23(2)17-19-27)37(21-20-24-10-5-4-6-11-24)33(40)35-26-13-9-12-25(34)22-26/h4-19,22,30H,3,20-21H2,1-2H3,(H,35,40). The largest absolute Gasteiger partial charge is 0.322 e. The van der Waals surface area contributed by atoms with Gasteiger partial charge in [0.2, 0.25) is 0 Å². The van der Waals surface area contributed by atoms with E-state index in [1.165, 1.54) is 0 Å². The van der Waals surface area contributed by atoms with Crippen LogP contribution >= 0.6 is 15.9 Å². The lowest BCUT2D eigenvalue weighted by Crippen LogP contribution is -2.42. The molecule has 1 atom stereocenters. The van der Waals surface area contributed by atoms with Crippen molar-refractivity contribution < 1.29 is 4.79 Å². The van der Waals surface area contributed by atoms with Gasteiger partial charge in [0, 0.05) is 16.7 Å². The second-order valence-corrected chi connectivity index (χ2v) is 10.7. The van der Waals surface area contributed by atoms with Crippen molar-refractivity contribution in [1.82, 2.24) is 14.5 Å². The van der Waals surface area contributed by atoms with E-state index in [0.717, 1.165) is 21.3 Å². The highest BCUT2D eigenvalue weighted by Gasteiger charge is 2.29. The molecule has 0 bridgehead atoms. The molecule has 5 rings (SSSR count). The molecule has 0 aliphatic heterocycles. The number of rotatable bonds is 8. The topological polar surface area (TPSA) is 67.2 Å². The predicted octanol–water partition coefficient (Wildman–Crippen LogP) is 7.68. The van der Waals surface area contributed by atoms with Crippen LogP contribution in [-0.2, 0) is 6.42 Å². The molecule has 1 unspecified atom stereocenters. The van der Waals surface area contributed by atoms with Crippen molar-refractivity contribution in [3.63, 3.8) is 0 Å². The van der Waals surface area contributed by atoms with Crippen LogP contribution in [0.25, 0.3) is 16.6 Å². The number of hydrogen-bond acceptors (Lipinski definition) is 3. The number of urea groups is 1. The van der Waals surface area contributed by atoms with Crippen molar-refractivity contribution in [3.05, 3.63) is 135 Å². The van der Waals surface area contributed by atoms with Crippen molar-refractivity contribution in [2.45, 2.75) is 32.7 Å². The Bertz CT molecular complexity index is 1680. The normalized spacial score (nSPS) is 11.8. The minimum atomic E-state index is -0.463. The highest BCUT2D eigenvalue weighted by molar-refractivity contribution is 9.10. The molecule has 1 aromatic heterocycles. The number of nitrogens with one attached hydrogen (secondary N) is 1. The number of amides is 2. The lowest BCUT2D eigenvalue weighted by Gasteiger charge is -2.32. The van der Waals surface area contributed by atoms with Gasteiger partial charge >= 0.3 is 6.03 Å². The number of fused-ring (bicyclic) bond motifs is 1. The SMILES string of the molecule is CCC(c1nc2ccccc2c(=O)n1-c1ccc(C)cc1)N(CCc1ccccc1)C(=O)Nc1cccc(Br)c1. The molecule has 4 aromatic carbocycles. The second kappa shape index (κ2) is 12.3. The zero-order valence-electron chi connectivity index (χ0n) is 22.5. The van der Waals surface area contributed by atoms with Gasteiger partial charge in [-0.25, -0.2) is 9.78 Å². The van der Waals surface area contributed by atoms with Gasteiger partial charge in [-0.3, -0.25) is 9.36 Å².